The van der Waals surface area contributed by atoms with E-state index < -0.39 is 0 Å². The Bertz CT molecular complexity index is 307. The van der Waals surface area contributed by atoms with E-state index >= 15 is 0 Å². The molecule has 0 radical (unpaired) electrons. The van der Waals surface area contributed by atoms with Crippen molar-refractivity contribution in [3.63, 3.8) is 0 Å². The molecule has 0 atom stereocenters. The van der Waals surface area contributed by atoms with Gasteiger partial charge in [0.25, 0.3) is 0 Å². The van der Waals surface area contributed by atoms with Gasteiger partial charge in [0.1, 0.15) is 4.60 Å². The highest BCUT2D eigenvalue weighted by Gasteiger charge is 2.18. The van der Waals surface area contributed by atoms with Crippen LogP contribution in [0, 0.1) is 0 Å². The molecule has 0 bridgehead atoms. The van der Waals surface area contributed by atoms with Gasteiger partial charge in [-0.2, -0.15) is 0 Å². The van der Waals surface area contributed by atoms with Gasteiger partial charge in [-0.25, -0.2) is 4.98 Å². The summed E-state index contributed by atoms with van der Waals surface area (Å²) in [6.07, 6.45) is 1.25. The van der Waals surface area contributed by atoms with E-state index in [1.165, 1.54) is 26.1 Å². The van der Waals surface area contributed by atoms with Crippen LogP contribution in [0.1, 0.15) is 13.3 Å². The molecule has 1 aromatic heterocycles. The Kier molecular flexibility index (Phi) is 3.99. The summed E-state index contributed by atoms with van der Waals surface area (Å²) in [6, 6.07) is 0. The fraction of sp³-hybridized carbons (Fsp3) is 0.700. The minimum atomic E-state index is 0.957. The molecule has 0 aromatic carbocycles. The van der Waals surface area contributed by atoms with Crippen molar-refractivity contribution >= 4 is 32.4 Å². The van der Waals surface area contributed by atoms with E-state index in [1.54, 1.807) is 11.3 Å². The Morgan fingerprint density at radius 3 is 2.67 bits per heavy atom. The molecule has 1 fully saturated rings. The van der Waals surface area contributed by atoms with Gasteiger partial charge in [-0.3, -0.25) is 4.90 Å². The van der Waals surface area contributed by atoms with Crippen LogP contribution < -0.4 is 4.90 Å². The Morgan fingerprint density at radius 1 is 1.40 bits per heavy atom. The first kappa shape index (κ1) is 11.4. The van der Waals surface area contributed by atoms with Gasteiger partial charge < -0.3 is 4.90 Å². The third kappa shape index (κ3) is 2.92. The topological polar surface area (TPSA) is 19.4 Å². The largest absolute Gasteiger partial charge is 0.345 e. The molecule has 0 N–H and O–H groups in total. The smallest absolute Gasteiger partial charge is 0.186 e. The number of hydrogen-bond donors (Lipinski definition) is 0. The lowest BCUT2D eigenvalue weighted by atomic mass is 10.3. The number of piperazine rings is 1. The lowest BCUT2D eigenvalue weighted by Gasteiger charge is -2.34. The van der Waals surface area contributed by atoms with Crippen LogP contribution >= 0.6 is 27.3 Å². The second-order valence-electron chi connectivity index (χ2n) is 3.78. The summed E-state index contributed by atoms with van der Waals surface area (Å²) in [5, 5.41) is 3.20. The van der Waals surface area contributed by atoms with E-state index in [1.807, 2.05) is 5.38 Å². The first-order chi connectivity index (χ1) is 7.29. The summed E-state index contributed by atoms with van der Waals surface area (Å²) in [6.45, 7) is 8.04. The number of aromatic nitrogens is 1. The SMILES string of the molecule is CCCN1CCN(c2nc(Br)cs2)CC1. The van der Waals surface area contributed by atoms with E-state index in [-0.39, 0.29) is 0 Å². The molecule has 0 spiro atoms. The fourth-order valence-electron chi connectivity index (χ4n) is 1.87. The van der Waals surface area contributed by atoms with Gasteiger partial charge in [0.2, 0.25) is 0 Å². The number of thiazole rings is 1. The summed E-state index contributed by atoms with van der Waals surface area (Å²) >= 11 is 5.12. The first-order valence-electron chi connectivity index (χ1n) is 5.38. The first-order valence-corrected chi connectivity index (χ1v) is 7.05. The third-order valence-electron chi connectivity index (χ3n) is 2.65. The molecule has 1 aromatic rings. The van der Waals surface area contributed by atoms with Crippen LogP contribution in [0.5, 0.6) is 0 Å². The highest BCUT2D eigenvalue weighted by molar-refractivity contribution is 9.10. The molecule has 0 saturated carbocycles. The molecule has 0 aliphatic carbocycles. The quantitative estimate of drug-likeness (QED) is 0.852. The van der Waals surface area contributed by atoms with Gasteiger partial charge in [0.05, 0.1) is 0 Å². The van der Waals surface area contributed by atoms with Gasteiger partial charge in [-0.05, 0) is 28.9 Å². The second-order valence-corrected chi connectivity index (χ2v) is 5.43. The molecule has 1 aliphatic rings. The maximum absolute atomic E-state index is 4.45. The molecule has 0 amide bonds. The lowest BCUT2D eigenvalue weighted by Crippen LogP contribution is -2.46. The fourth-order valence-corrected chi connectivity index (χ4v) is 3.17. The van der Waals surface area contributed by atoms with Gasteiger partial charge in [0, 0.05) is 31.6 Å². The average molecular weight is 290 g/mol. The minimum Gasteiger partial charge on any atom is -0.345 e. The van der Waals surface area contributed by atoms with Crippen LogP contribution in [0.3, 0.4) is 0 Å². The monoisotopic (exact) mass is 289 g/mol. The molecule has 15 heavy (non-hydrogen) atoms. The molecule has 5 heteroatoms. The number of hydrogen-bond acceptors (Lipinski definition) is 4. The predicted molar refractivity (Wildman–Crippen MR) is 68.8 cm³/mol. The third-order valence-corrected chi connectivity index (χ3v) is 4.26. The molecule has 0 unspecified atom stereocenters. The van der Waals surface area contributed by atoms with Crippen molar-refractivity contribution in [2.45, 2.75) is 13.3 Å². The van der Waals surface area contributed by atoms with E-state index in [9.17, 15) is 0 Å². The van der Waals surface area contributed by atoms with E-state index in [4.69, 9.17) is 0 Å². The van der Waals surface area contributed by atoms with Crippen LogP contribution in [0.2, 0.25) is 0 Å². The van der Waals surface area contributed by atoms with Gasteiger partial charge >= 0.3 is 0 Å². The zero-order valence-electron chi connectivity index (χ0n) is 8.95. The van der Waals surface area contributed by atoms with Crippen LogP contribution in [-0.4, -0.2) is 42.6 Å². The van der Waals surface area contributed by atoms with Crippen LogP contribution in [0.4, 0.5) is 5.13 Å². The molecule has 2 heterocycles. The number of anilines is 1. The van der Waals surface area contributed by atoms with Crippen LogP contribution in [0.15, 0.2) is 9.98 Å². The zero-order valence-corrected chi connectivity index (χ0v) is 11.4. The van der Waals surface area contributed by atoms with Crippen molar-refractivity contribution < 1.29 is 0 Å². The molecule has 2 rings (SSSR count). The van der Waals surface area contributed by atoms with Crippen molar-refractivity contribution in [1.82, 2.24) is 9.88 Å². The Hall–Kier alpha value is -0.130. The van der Waals surface area contributed by atoms with Gasteiger partial charge in [-0.15, -0.1) is 11.3 Å². The lowest BCUT2D eigenvalue weighted by molar-refractivity contribution is 0.258. The van der Waals surface area contributed by atoms with Gasteiger partial charge in [0.15, 0.2) is 5.13 Å². The van der Waals surface area contributed by atoms with E-state index in [0.717, 1.165) is 22.8 Å². The Morgan fingerprint density at radius 2 is 2.13 bits per heavy atom. The van der Waals surface area contributed by atoms with Gasteiger partial charge in [-0.1, -0.05) is 6.92 Å². The highest BCUT2D eigenvalue weighted by Crippen LogP contribution is 2.24. The summed E-state index contributed by atoms with van der Waals surface area (Å²) in [5.41, 5.74) is 0. The second kappa shape index (κ2) is 5.27. The summed E-state index contributed by atoms with van der Waals surface area (Å²) in [7, 11) is 0. The van der Waals surface area contributed by atoms with E-state index in [0.29, 0.717) is 0 Å². The Balaban J connectivity index is 1.88. The van der Waals surface area contributed by atoms with E-state index in [2.05, 4.69) is 37.6 Å². The van der Waals surface area contributed by atoms with Crippen molar-refractivity contribution in [2.75, 3.05) is 37.6 Å². The predicted octanol–water partition coefficient (Wildman–Crippen LogP) is 2.44. The number of halogens is 1. The summed E-state index contributed by atoms with van der Waals surface area (Å²) in [5.74, 6) is 0. The van der Waals surface area contributed by atoms with Crippen molar-refractivity contribution in [2.24, 2.45) is 0 Å². The highest BCUT2D eigenvalue weighted by atomic mass is 79.9. The van der Waals surface area contributed by atoms with Crippen LogP contribution in [-0.2, 0) is 0 Å². The van der Waals surface area contributed by atoms with Crippen LogP contribution in [0.25, 0.3) is 0 Å². The Labute approximate surface area is 103 Å². The molecule has 84 valence electrons. The maximum Gasteiger partial charge on any atom is 0.186 e. The van der Waals surface area contributed by atoms with Crippen molar-refractivity contribution in [3.05, 3.63) is 9.98 Å². The molecular formula is C10H16BrN3S. The van der Waals surface area contributed by atoms with Crippen molar-refractivity contribution in [3.8, 4) is 0 Å². The zero-order chi connectivity index (χ0) is 10.7. The standard InChI is InChI=1S/C10H16BrN3S/c1-2-3-13-4-6-14(7-5-13)10-12-9(11)8-15-10/h8H,2-7H2,1H3. The van der Waals surface area contributed by atoms with Crippen molar-refractivity contribution in [1.29, 1.82) is 0 Å². The average Bonchev–Trinajstić information content (AvgIpc) is 2.67. The molecule has 1 saturated heterocycles. The molecule has 1 aliphatic heterocycles. The number of rotatable bonds is 3. The summed E-state index contributed by atoms with van der Waals surface area (Å²) < 4.78 is 0.957. The maximum atomic E-state index is 4.45. The normalized spacial score (nSPS) is 18.4. The molecule has 3 nitrogen and oxygen atoms in total. The number of nitrogens with zero attached hydrogens (tertiary/aromatic N) is 3. The summed E-state index contributed by atoms with van der Waals surface area (Å²) in [4.78, 5) is 9.35. The minimum absolute atomic E-state index is 0.957. The molecular weight excluding hydrogens is 274 g/mol.